The summed E-state index contributed by atoms with van der Waals surface area (Å²) >= 11 is 6.11. The number of hydrogen-bond acceptors (Lipinski definition) is 2. The zero-order chi connectivity index (χ0) is 22.3. The Hall–Kier alpha value is -2.89. The number of halogens is 2. The third-order valence-electron chi connectivity index (χ3n) is 5.90. The molecule has 0 bridgehead atoms. The van der Waals surface area contributed by atoms with E-state index >= 15 is 0 Å². The molecule has 32 heavy (non-hydrogen) atoms. The topological polar surface area (TPSA) is 35.6 Å². The second kappa shape index (κ2) is 10.6. The Morgan fingerprint density at radius 1 is 0.875 bits per heavy atom. The van der Waals surface area contributed by atoms with E-state index in [1.54, 1.807) is 12.1 Å². The largest absolute Gasteiger partial charge is 0.338 e. The number of benzene rings is 3. The van der Waals surface area contributed by atoms with Crippen LogP contribution in [0.15, 0.2) is 78.9 Å². The van der Waals surface area contributed by atoms with E-state index in [0.29, 0.717) is 31.6 Å². The number of hydrogen-bond donors (Lipinski definition) is 1. The number of carbonyl (C=O) groups excluding carboxylic acids is 1. The molecule has 1 fully saturated rings. The molecule has 6 heteroatoms. The van der Waals surface area contributed by atoms with Crippen LogP contribution in [0.25, 0.3) is 0 Å². The van der Waals surface area contributed by atoms with E-state index < -0.39 is 0 Å². The van der Waals surface area contributed by atoms with Crippen molar-refractivity contribution in [2.75, 3.05) is 32.7 Å². The van der Waals surface area contributed by atoms with Crippen molar-refractivity contribution in [2.45, 2.75) is 12.5 Å². The molecule has 3 aromatic carbocycles. The molecule has 166 valence electrons. The maximum Gasteiger partial charge on any atom is 0.317 e. The van der Waals surface area contributed by atoms with E-state index in [4.69, 9.17) is 11.6 Å². The molecule has 0 aromatic heterocycles. The van der Waals surface area contributed by atoms with Crippen molar-refractivity contribution in [1.82, 2.24) is 15.1 Å². The number of rotatable bonds is 6. The van der Waals surface area contributed by atoms with Crippen molar-refractivity contribution in [3.05, 3.63) is 106 Å². The summed E-state index contributed by atoms with van der Waals surface area (Å²) in [6, 6.07) is 25.1. The van der Waals surface area contributed by atoms with Crippen LogP contribution in [0.4, 0.5) is 9.18 Å². The first-order valence-corrected chi connectivity index (χ1v) is 11.3. The highest BCUT2D eigenvalue weighted by Gasteiger charge is 2.28. The first kappa shape index (κ1) is 22.3. The molecular formula is C26H27ClFN3O. The fourth-order valence-corrected chi connectivity index (χ4v) is 4.32. The lowest BCUT2D eigenvalue weighted by Gasteiger charge is -2.39. The van der Waals surface area contributed by atoms with Crippen LogP contribution in [0.5, 0.6) is 0 Å². The minimum absolute atomic E-state index is 0.0938. The molecule has 1 aliphatic rings. The Kier molecular flexibility index (Phi) is 7.40. The fraction of sp³-hybridized carbons (Fsp3) is 0.269. The minimum Gasteiger partial charge on any atom is -0.338 e. The van der Waals surface area contributed by atoms with Crippen LogP contribution in [0.3, 0.4) is 0 Å². The molecule has 0 spiro atoms. The first-order valence-electron chi connectivity index (χ1n) is 10.9. The van der Waals surface area contributed by atoms with Gasteiger partial charge in [-0.25, -0.2) is 9.18 Å². The predicted octanol–water partition coefficient (Wildman–Crippen LogP) is 5.14. The van der Waals surface area contributed by atoms with Gasteiger partial charge in [0.1, 0.15) is 5.82 Å². The molecule has 1 N–H and O–H groups in total. The molecule has 4 nitrogen and oxygen atoms in total. The summed E-state index contributed by atoms with van der Waals surface area (Å²) in [5, 5.41) is 3.65. The van der Waals surface area contributed by atoms with Crippen LogP contribution >= 0.6 is 11.6 Å². The normalized spacial score (nSPS) is 15.4. The highest BCUT2D eigenvalue weighted by molar-refractivity contribution is 6.30. The van der Waals surface area contributed by atoms with E-state index in [1.165, 1.54) is 17.2 Å². The van der Waals surface area contributed by atoms with Crippen molar-refractivity contribution < 1.29 is 9.18 Å². The summed E-state index contributed by atoms with van der Waals surface area (Å²) in [5.41, 5.74) is 3.02. The van der Waals surface area contributed by atoms with Gasteiger partial charge in [0, 0.05) is 37.7 Å². The van der Waals surface area contributed by atoms with Crippen LogP contribution in [-0.2, 0) is 6.42 Å². The van der Waals surface area contributed by atoms with Crippen LogP contribution in [0.2, 0.25) is 5.02 Å². The molecule has 4 rings (SSSR count). The minimum atomic E-state index is -0.232. The number of amides is 2. The summed E-state index contributed by atoms with van der Waals surface area (Å²) in [6.07, 6.45) is 0.477. The summed E-state index contributed by atoms with van der Waals surface area (Å²) < 4.78 is 13.8. The molecular weight excluding hydrogens is 425 g/mol. The van der Waals surface area contributed by atoms with Crippen LogP contribution in [-0.4, -0.2) is 48.6 Å². The lowest BCUT2D eigenvalue weighted by Crippen LogP contribution is -2.52. The van der Waals surface area contributed by atoms with Crippen LogP contribution in [0, 0.1) is 5.82 Å². The smallest absolute Gasteiger partial charge is 0.317 e. The van der Waals surface area contributed by atoms with Gasteiger partial charge in [-0.1, -0.05) is 72.3 Å². The first-order chi connectivity index (χ1) is 15.6. The van der Waals surface area contributed by atoms with Gasteiger partial charge in [-0.05, 0) is 41.3 Å². The van der Waals surface area contributed by atoms with Crippen molar-refractivity contribution in [2.24, 2.45) is 0 Å². The van der Waals surface area contributed by atoms with Crippen molar-refractivity contribution in [3.63, 3.8) is 0 Å². The Bertz CT molecular complexity index is 1020. The number of urea groups is 1. The molecule has 0 saturated carbocycles. The predicted molar refractivity (Wildman–Crippen MR) is 126 cm³/mol. The lowest BCUT2D eigenvalue weighted by molar-refractivity contribution is 0.120. The lowest BCUT2D eigenvalue weighted by atomic mass is 9.96. The molecule has 3 aromatic rings. The van der Waals surface area contributed by atoms with E-state index in [2.05, 4.69) is 46.6 Å². The van der Waals surface area contributed by atoms with E-state index in [9.17, 15) is 9.18 Å². The highest BCUT2D eigenvalue weighted by Crippen LogP contribution is 2.30. The quantitative estimate of drug-likeness (QED) is 0.563. The van der Waals surface area contributed by atoms with Crippen molar-refractivity contribution >= 4 is 17.6 Å². The standard InChI is InChI=1S/C26H27ClFN3O/c27-23-12-10-22(11-13-23)25(21-7-2-1-3-8-21)30-16-18-31(19-17-30)26(32)29-15-14-20-6-4-5-9-24(20)28/h1-13,25H,14-19H2,(H,29,32)/t25-/m0/s1. The monoisotopic (exact) mass is 451 g/mol. The molecule has 0 radical (unpaired) electrons. The van der Waals surface area contributed by atoms with Crippen molar-refractivity contribution in [1.29, 1.82) is 0 Å². The molecule has 1 heterocycles. The number of nitrogens with one attached hydrogen (secondary N) is 1. The SMILES string of the molecule is O=C(NCCc1ccccc1F)N1CCN([C@@H](c2ccccc2)c2ccc(Cl)cc2)CC1. The summed E-state index contributed by atoms with van der Waals surface area (Å²) in [7, 11) is 0. The highest BCUT2D eigenvalue weighted by atomic mass is 35.5. The van der Waals surface area contributed by atoms with Gasteiger partial charge < -0.3 is 10.2 Å². The third kappa shape index (κ3) is 5.47. The molecule has 1 aliphatic heterocycles. The van der Waals surface area contributed by atoms with Gasteiger partial charge in [0.05, 0.1) is 6.04 Å². The van der Waals surface area contributed by atoms with E-state index in [0.717, 1.165) is 18.1 Å². The maximum absolute atomic E-state index is 13.8. The van der Waals surface area contributed by atoms with E-state index in [1.807, 2.05) is 29.2 Å². The number of piperazine rings is 1. The Morgan fingerprint density at radius 3 is 2.19 bits per heavy atom. The second-order valence-corrected chi connectivity index (χ2v) is 8.40. The fourth-order valence-electron chi connectivity index (χ4n) is 4.19. The average molecular weight is 452 g/mol. The number of carbonyl (C=O) groups is 1. The maximum atomic E-state index is 13.8. The van der Waals surface area contributed by atoms with Gasteiger partial charge in [0.2, 0.25) is 0 Å². The van der Waals surface area contributed by atoms with E-state index in [-0.39, 0.29) is 17.9 Å². The van der Waals surface area contributed by atoms with Crippen molar-refractivity contribution in [3.8, 4) is 0 Å². The van der Waals surface area contributed by atoms with Crippen LogP contribution in [0.1, 0.15) is 22.7 Å². The molecule has 1 atom stereocenters. The molecule has 1 saturated heterocycles. The summed E-state index contributed by atoms with van der Waals surface area (Å²) in [6.45, 7) is 3.23. The van der Waals surface area contributed by atoms with Gasteiger partial charge in [0.15, 0.2) is 0 Å². The third-order valence-corrected chi connectivity index (χ3v) is 6.15. The molecule has 2 amide bonds. The van der Waals surface area contributed by atoms with Gasteiger partial charge in [-0.15, -0.1) is 0 Å². The Morgan fingerprint density at radius 2 is 1.50 bits per heavy atom. The van der Waals surface area contributed by atoms with Gasteiger partial charge in [-0.2, -0.15) is 0 Å². The second-order valence-electron chi connectivity index (χ2n) is 7.96. The zero-order valence-electron chi connectivity index (χ0n) is 17.9. The Balaban J connectivity index is 1.36. The van der Waals surface area contributed by atoms with Gasteiger partial charge >= 0.3 is 6.03 Å². The molecule has 0 unspecified atom stereocenters. The Labute approximate surface area is 193 Å². The summed E-state index contributed by atoms with van der Waals surface area (Å²) in [5.74, 6) is -0.232. The average Bonchev–Trinajstić information content (AvgIpc) is 2.83. The molecule has 0 aliphatic carbocycles. The number of nitrogens with zero attached hydrogens (tertiary/aromatic N) is 2. The van der Waals surface area contributed by atoms with Gasteiger partial charge in [0.25, 0.3) is 0 Å². The van der Waals surface area contributed by atoms with Crippen LogP contribution < -0.4 is 5.32 Å². The zero-order valence-corrected chi connectivity index (χ0v) is 18.6. The summed E-state index contributed by atoms with van der Waals surface area (Å²) in [4.78, 5) is 16.9. The van der Waals surface area contributed by atoms with Gasteiger partial charge in [-0.3, -0.25) is 4.90 Å².